The Balaban J connectivity index is 3.41. The lowest BCUT2D eigenvalue weighted by molar-refractivity contribution is 0.141. The Morgan fingerprint density at radius 1 is 1.67 bits per heavy atom. The van der Waals surface area contributed by atoms with Crippen LogP contribution in [0.3, 0.4) is 0 Å². The zero-order valence-corrected chi connectivity index (χ0v) is 7.87. The second-order valence-electron chi connectivity index (χ2n) is 2.66. The molecule has 1 aromatic heterocycles. The summed E-state index contributed by atoms with van der Waals surface area (Å²) in [5, 5.41) is 17.5. The lowest BCUT2D eigenvalue weighted by atomic mass is 10.1. The zero-order chi connectivity index (χ0) is 11.4. The molecule has 6 heteroatoms. The van der Waals surface area contributed by atoms with E-state index in [4.69, 9.17) is 10.4 Å². The third-order valence-corrected chi connectivity index (χ3v) is 1.81. The first-order chi connectivity index (χ1) is 7.13. The molecule has 1 aromatic rings. The molecule has 0 aliphatic heterocycles. The summed E-state index contributed by atoms with van der Waals surface area (Å²) in [6, 6.07) is 2.81. The van der Waals surface area contributed by atoms with Crippen molar-refractivity contribution >= 4 is 0 Å². The molecule has 0 amide bonds. The second-order valence-corrected chi connectivity index (χ2v) is 2.66. The van der Waals surface area contributed by atoms with Crippen LogP contribution >= 0.6 is 0 Å². The molecule has 1 rings (SSSR count). The van der Waals surface area contributed by atoms with Crippen LogP contribution in [-0.2, 0) is 6.61 Å². The highest BCUT2D eigenvalue weighted by Crippen LogP contribution is 2.31. The highest BCUT2D eigenvalue weighted by Gasteiger charge is 2.21. The standard InChI is InChI=1S/C9H8F2N2O2/c1-15-9-7(8(10)11)5(4-14)2-6(3-12)13-9/h2,8,14H,4H2,1H3. The van der Waals surface area contributed by atoms with E-state index in [1.165, 1.54) is 7.11 Å². The second kappa shape index (κ2) is 4.66. The minimum atomic E-state index is -2.80. The van der Waals surface area contributed by atoms with Crippen molar-refractivity contribution in [2.75, 3.05) is 7.11 Å². The molecule has 0 unspecified atom stereocenters. The van der Waals surface area contributed by atoms with Crippen LogP contribution < -0.4 is 4.74 Å². The van der Waals surface area contributed by atoms with Crippen LogP contribution in [0.1, 0.15) is 23.2 Å². The summed E-state index contributed by atoms with van der Waals surface area (Å²) < 4.78 is 29.8. The van der Waals surface area contributed by atoms with Gasteiger partial charge >= 0.3 is 0 Å². The molecule has 0 fully saturated rings. The van der Waals surface area contributed by atoms with Gasteiger partial charge < -0.3 is 9.84 Å². The van der Waals surface area contributed by atoms with Crippen molar-refractivity contribution in [2.45, 2.75) is 13.0 Å². The highest BCUT2D eigenvalue weighted by molar-refractivity contribution is 5.40. The molecule has 0 aromatic carbocycles. The number of nitrogens with zero attached hydrogens (tertiary/aromatic N) is 2. The van der Waals surface area contributed by atoms with Gasteiger partial charge in [-0.15, -0.1) is 0 Å². The minimum Gasteiger partial charge on any atom is -0.481 e. The summed E-state index contributed by atoms with van der Waals surface area (Å²) >= 11 is 0. The van der Waals surface area contributed by atoms with Gasteiger partial charge in [-0.25, -0.2) is 13.8 Å². The summed E-state index contributed by atoms with van der Waals surface area (Å²) in [5.41, 5.74) is -0.590. The summed E-state index contributed by atoms with van der Waals surface area (Å²) in [6.45, 7) is -0.590. The Kier molecular flexibility index (Phi) is 3.52. The minimum absolute atomic E-state index is 0.0478. The number of methoxy groups -OCH3 is 1. The van der Waals surface area contributed by atoms with Crippen molar-refractivity contribution < 1.29 is 18.6 Å². The van der Waals surface area contributed by atoms with Crippen molar-refractivity contribution in [1.29, 1.82) is 5.26 Å². The quantitative estimate of drug-likeness (QED) is 0.825. The van der Waals surface area contributed by atoms with Crippen LogP contribution in [0.2, 0.25) is 0 Å². The number of rotatable bonds is 3. The van der Waals surface area contributed by atoms with E-state index in [1.807, 2.05) is 0 Å². The number of aromatic nitrogens is 1. The van der Waals surface area contributed by atoms with Crippen LogP contribution in [0, 0.1) is 11.3 Å². The SMILES string of the molecule is COc1nc(C#N)cc(CO)c1C(F)F. The van der Waals surface area contributed by atoms with Gasteiger partial charge in [0.15, 0.2) is 0 Å². The van der Waals surface area contributed by atoms with Crippen molar-refractivity contribution in [3.63, 3.8) is 0 Å². The lowest BCUT2D eigenvalue weighted by Gasteiger charge is -2.10. The van der Waals surface area contributed by atoms with Crippen molar-refractivity contribution in [3.05, 3.63) is 22.9 Å². The van der Waals surface area contributed by atoms with E-state index in [9.17, 15) is 8.78 Å². The fraction of sp³-hybridized carbons (Fsp3) is 0.333. The Morgan fingerprint density at radius 2 is 2.33 bits per heavy atom. The normalized spacial score (nSPS) is 10.1. The summed E-state index contributed by atoms with van der Waals surface area (Å²) in [7, 11) is 1.18. The van der Waals surface area contributed by atoms with Gasteiger partial charge in [-0.3, -0.25) is 0 Å². The van der Waals surface area contributed by atoms with E-state index < -0.39 is 18.6 Å². The average molecular weight is 214 g/mol. The fourth-order valence-electron chi connectivity index (χ4n) is 1.16. The van der Waals surface area contributed by atoms with Gasteiger partial charge in [0.05, 0.1) is 19.3 Å². The topological polar surface area (TPSA) is 66.1 Å². The molecule has 1 N–H and O–H groups in total. The monoisotopic (exact) mass is 214 g/mol. The van der Waals surface area contributed by atoms with Crippen LogP contribution in [0.5, 0.6) is 5.88 Å². The molecule has 1 heterocycles. The third kappa shape index (κ3) is 2.19. The Morgan fingerprint density at radius 3 is 2.73 bits per heavy atom. The molecule has 80 valence electrons. The molecule has 0 atom stereocenters. The van der Waals surface area contributed by atoms with Gasteiger partial charge in [0.1, 0.15) is 11.8 Å². The summed E-state index contributed by atoms with van der Waals surface area (Å²) in [4.78, 5) is 3.57. The predicted octanol–water partition coefficient (Wildman–Crippen LogP) is 1.39. The van der Waals surface area contributed by atoms with E-state index >= 15 is 0 Å². The maximum atomic E-state index is 12.6. The highest BCUT2D eigenvalue weighted by atomic mass is 19.3. The van der Waals surface area contributed by atoms with E-state index in [0.29, 0.717) is 0 Å². The van der Waals surface area contributed by atoms with Crippen LogP contribution in [0.15, 0.2) is 6.07 Å². The fourth-order valence-corrected chi connectivity index (χ4v) is 1.16. The van der Waals surface area contributed by atoms with E-state index in [1.54, 1.807) is 6.07 Å². The molecule has 0 radical (unpaired) electrons. The first-order valence-corrected chi connectivity index (χ1v) is 4.01. The number of alkyl halides is 2. The number of hydrogen-bond acceptors (Lipinski definition) is 4. The maximum Gasteiger partial charge on any atom is 0.269 e. The molecule has 0 aliphatic rings. The van der Waals surface area contributed by atoms with E-state index in [0.717, 1.165) is 6.07 Å². The molecule has 0 saturated heterocycles. The number of ether oxygens (including phenoxy) is 1. The molecule has 4 nitrogen and oxygen atoms in total. The van der Waals surface area contributed by atoms with Gasteiger partial charge in [0.25, 0.3) is 6.43 Å². The van der Waals surface area contributed by atoms with E-state index in [-0.39, 0.29) is 17.1 Å². The lowest BCUT2D eigenvalue weighted by Crippen LogP contribution is -2.03. The number of aliphatic hydroxyl groups is 1. The van der Waals surface area contributed by atoms with Gasteiger partial charge in [0.2, 0.25) is 5.88 Å². The predicted molar refractivity (Wildman–Crippen MR) is 46.4 cm³/mol. The van der Waals surface area contributed by atoms with E-state index in [2.05, 4.69) is 9.72 Å². The first kappa shape index (κ1) is 11.3. The van der Waals surface area contributed by atoms with Crippen molar-refractivity contribution in [3.8, 4) is 11.9 Å². The molecule has 0 spiro atoms. The first-order valence-electron chi connectivity index (χ1n) is 4.01. The molecule has 0 bridgehead atoms. The van der Waals surface area contributed by atoms with Gasteiger partial charge in [0, 0.05) is 0 Å². The summed E-state index contributed by atoms with van der Waals surface area (Å²) in [6.07, 6.45) is -2.80. The summed E-state index contributed by atoms with van der Waals surface area (Å²) in [5.74, 6) is -0.326. The average Bonchev–Trinajstić information content (AvgIpc) is 2.26. The molecule has 0 saturated carbocycles. The molecule has 0 aliphatic carbocycles. The molecular weight excluding hydrogens is 206 g/mol. The number of nitriles is 1. The smallest absolute Gasteiger partial charge is 0.269 e. The van der Waals surface area contributed by atoms with Gasteiger partial charge in [-0.2, -0.15) is 5.26 Å². The number of pyridine rings is 1. The van der Waals surface area contributed by atoms with Crippen LogP contribution in [0.25, 0.3) is 0 Å². The Labute approximate surface area is 84.7 Å². The zero-order valence-electron chi connectivity index (χ0n) is 7.87. The Hall–Kier alpha value is -1.74. The number of hydrogen-bond donors (Lipinski definition) is 1. The molecular formula is C9H8F2N2O2. The largest absolute Gasteiger partial charge is 0.481 e. The maximum absolute atomic E-state index is 12.6. The van der Waals surface area contributed by atoms with Crippen LogP contribution in [-0.4, -0.2) is 17.2 Å². The third-order valence-electron chi connectivity index (χ3n) is 1.81. The molecule has 15 heavy (non-hydrogen) atoms. The van der Waals surface area contributed by atoms with Gasteiger partial charge in [-0.05, 0) is 11.6 Å². The number of halogens is 2. The van der Waals surface area contributed by atoms with Crippen molar-refractivity contribution in [2.24, 2.45) is 0 Å². The van der Waals surface area contributed by atoms with Crippen molar-refractivity contribution in [1.82, 2.24) is 4.98 Å². The van der Waals surface area contributed by atoms with Gasteiger partial charge in [-0.1, -0.05) is 0 Å². The van der Waals surface area contributed by atoms with Crippen LogP contribution in [0.4, 0.5) is 8.78 Å². The number of aliphatic hydroxyl groups excluding tert-OH is 1. The Bertz CT molecular complexity index is 377.